The molecule has 0 aliphatic carbocycles. The fraction of sp³-hybridized carbons (Fsp3) is 0.462. The molecule has 1 aromatic carbocycles. The fourth-order valence-electron chi connectivity index (χ4n) is 2.30. The third kappa shape index (κ3) is 2.79. The van der Waals surface area contributed by atoms with Crippen LogP contribution in [-0.2, 0) is 11.2 Å². The van der Waals surface area contributed by atoms with Gasteiger partial charge >= 0.3 is 0 Å². The van der Waals surface area contributed by atoms with Gasteiger partial charge in [-0.05, 0) is 31.0 Å². The first-order valence-corrected chi connectivity index (χ1v) is 6.65. The number of carbonyl (C=O) groups is 1. The number of amides is 1. The summed E-state index contributed by atoms with van der Waals surface area (Å²) >= 11 is 12.1. The van der Waals surface area contributed by atoms with Crippen LogP contribution in [0.5, 0.6) is 0 Å². The molecule has 0 aromatic heterocycles. The van der Waals surface area contributed by atoms with Crippen molar-refractivity contribution in [1.29, 1.82) is 0 Å². The molecule has 1 fully saturated rings. The monoisotopic (exact) mass is 287 g/mol. The largest absolute Gasteiger partial charge is 0.391 e. The first-order chi connectivity index (χ1) is 8.49. The molecule has 3 nitrogen and oxygen atoms in total. The zero-order chi connectivity index (χ0) is 13.3. The van der Waals surface area contributed by atoms with Crippen molar-refractivity contribution >= 4 is 29.1 Å². The molecule has 1 aliphatic heterocycles. The minimum atomic E-state index is -0.425. The van der Waals surface area contributed by atoms with Crippen LogP contribution in [0.4, 0.5) is 0 Å². The van der Waals surface area contributed by atoms with Crippen LogP contribution in [0.2, 0.25) is 10.0 Å². The van der Waals surface area contributed by atoms with Gasteiger partial charge in [-0.15, -0.1) is 0 Å². The number of benzene rings is 1. The van der Waals surface area contributed by atoms with Gasteiger partial charge in [0.15, 0.2) is 0 Å². The van der Waals surface area contributed by atoms with Gasteiger partial charge in [0.1, 0.15) is 0 Å². The molecular formula is C13H15Cl2NO2. The second-order valence-corrected chi connectivity index (χ2v) is 5.48. The summed E-state index contributed by atoms with van der Waals surface area (Å²) in [5, 5.41) is 10.6. The van der Waals surface area contributed by atoms with E-state index in [-0.39, 0.29) is 18.4 Å². The highest BCUT2D eigenvalue weighted by atomic mass is 35.5. The molecule has 1 heterocycles. The van der Waals surface area contributed by atoms with Crippen LogP contribution in [0.25, 0.3) is 0 Å². The Kier molecular flexibility index (Phi) is 4.15. The standard InChI is InChI=1S/C13H15Cl2NO2/c1-8-5-9(17)7-16(8)13(18)6-10-11(14)3-2-4-12(10)15/h2-4,8-9,17H,5-7H2,1H3/t8-,9-/m0/s1. The number of likely N-dealkylation sites (tertiary alicyclic amines) is 1. The Balaban J connectivity index is 2.12. The van der Waals surface area contributed by atoms with Crippen molar-refractivity contribution in [2.24, 2.45) is 0 Å². The fourth-order valence-corrected chi connectivity index (χ4v) is 2.84. The summed E-state index contributed by atoms with van der Waals surface area (Å²) in [7, 11) is 0. The molecule has 1 saturated heterocycles. The summed E-state index contributed by atoms with van der Waals surface area (Å²) in [6.45, 7) is 2.32. The minimum Gasteiger partial charge on any atom is -0.391 e. The van der Waals surface area contributed by atoms with Crippen LogP contribution < -0.4 is 0 Å². The summed E-state index contributed by atoms with van der Waals surface area (Å²) in [5.74, 6) is -0.0472. The van der Waals surface area contributed by atoms with E-state index in [4.69, 9.17) is 23.2 Å². The molecule has 2 atom stereocenters. The molecule has 0 saturated carbocycles. The first-order valence-electron chi connectivity index (χ1n) is 5.89. The van der Waals surface area contributed by atoms with E-state index >= 15 is 0 Å². The quantitative estimate of drug-likeness (QED) is 0.908. The van der Waals surface area contributed by atoms with Crippen LogP contribution in [0.1, 0.15) is 18.9 Å². The molecule has 1 amide bonds. The van der Waals surface area contributed by atoms with Crippen molar-refractivity contribution in [2.45, 2.75) is 31.9 Å². The maximum atomic E-state index is 12.2. The predicted molar refractivity (Wildman–Crippen MR) is 72.0 cm³/mol. The van der Waals surface area contributed by atoms with Gasteiger partial charge in [0.2, 0.25) is 5.91 Å². The van der Waals surface area contributed by atoms with E-state index in [9.17, 15) is 9.90 Å². The van der Waals surface area contributed by atoms with E-state index in [2.05, 4.69) is 0 Å². The van der Waals surface area contributed by atoms with Gasteiger partial charge in [0, 0.05) is 22.6 Å². The van der Waals surface area contributed by atoms with Gasteiger partial charge in [-0.1, -0.05) is 29.3 Å². The van der Waals surface area contributed by atoms with E-state index in [1.165, 1.54) is 0 Å². The van der Waals surface area contributed by atoms with Gasteiger partial charge in [0.05, 0.1) is 12.5 Å². The van der Waals surface area contributed by atoms with Crippen molar-refractivity contribution in [3.63, 3.8) is 0 Å². The Morgan fingerprint density at radius 1 is 1.44 bits per heavy atom. The molecule has 1 aromatic rings. The number of aliphatic hydroxyl groups is 1. The van der Waals surface area contributed by atoms with Crippen LogP contribution in [0, 0.1) is 0 Å². The number of halogens is 2. The highest BCUT2D eigenvalue weighted by molar-refractivity contribution is 6.36. The Morgan fingerprint density at radius 3 is 2.56 bits per heavy atom. The molecule has 18 heavy (non-hydrogen) atoms. The summed E-state index contributed by atoms with van der Waals surface area (Å²) in [4.78, 5) is 13.9. The number of rotatable bonds is 2. The lowest BCUT2D eigenvalue weighted by molar-refractivity contribution is -0.131. The Labute approximate surface area is 116 Å². The molecule has 0 bridgehead atoms. The SMILES string of the molecule is C[C@H]1C[C@H](O)CN1C(=O)Cc1c(Cl)cccc1Cl. The summed E-state index contributed by atoms with van der Waals surface area (Å²) in [6, 6.07) is 5.26. The highest BCUT2D eigenvalue weighted by Crippen LogP contribution is 2.26. The summed E-state index contributed by atoms with van der Waals surface area (Å²) < 4.78 is 0. The van der Waals surface area contributed by atoms with Crippen LogP contribution in [0.3, 0.4) is 0 Å². The van der Waals surface area contributed by atoms with Gasteiger partial charge in [-0.25, -0.2) is 0 Å². The zero-order valence-corrected chi connectivity index (χ0v) is 11.6. The average molecular weight is 288 g/mol. The second-order valence-electron chi connectivity index (χ2n) is 4.66. The third-order valence-electron chi connectivity index (χ3n) is 3.26. The van der Waals surface area contributed by atoms with E-state index < -0.39 is 6.10 Å². The normalized spacial score (nSPS) is 23.4. The zero-order valence-electron chi connectivity index (χ0n) is 10.1. The third-order valence-corrected chi connectivity index (χ3v) is 3.97. The van der Waals surface area contributed by atoms with Crippen molar-refractivity contribution in [1.82, 2.24) is 4.90 Å². The summed E-state index contributed by atoms with van der Waals surface area (Å²) in [5.41, 5.74) is 0.652. The smallest absolute Gasteiger partial charge is 0.227 e. The number of aliphatic hydroxyl groups excluding tert-OH is 1. The minimum absolute atomic E-state index is 0.0472. The molecule has 1 aliphatic rings. The topological polar surface area (TPSA) is 40.5 Å². The van der Waals surface area contributed by atoms with E-state index in [1.807, 2.05) is 6.92 Å². The van der Waals surface area contributed by atoms with Crippen molar-refractivity contribution < 1.29 is 9.90 Å². The molecule has 98 valence electrons. The maximum absolute atomic E-state index is 12.2. The van der Waals surface area contributed by atoms with E-state index in [0.29, 0.717) is 28.6 Å². The van der Waals surface area contributed by atoms with Gasteiger partial charge < -0.3 is 10.0 Å². The first kappa shape index (κ1) is 13.7. The molecule has 0 radical (unpaired) electrons. The number of β-amino-alcohol motifs (C(OH)–C–C–N with tert-alkyl or cyclic N) is 1. The van der Waals surface area contributed by atoms with Gasteiger partial charge in [-0.2, -0.15) is 0 Å². The van der Waals surface area contributed by atoms with Gasteiger partial charge in [0.25, 0.3) is 0 Å². The number of carbonyl (C=O) groups excluding carboxylic acids is 1. The predicted octanol–water partition coefficient (Wildman–Crippen LogP) is 2.52. The molecule has 2 rings (SSSR count). The molecule has 0 unspecified atom stereocenters. The molecule has 0 spiro atoms. The molecular weight excluding hydrogens is 273 g/mol. The van der Waals surface area contributed by atoms with E-state index in [0.717, 1.165) is 0 Å². The average Bonchev–Trinajstić information content (AvgIpc) is 2.63. The molecule has 1 N–H and O–H groups in total. The van der Waals surface area contributed by atoms with Gasteiger partial charge in [-0.3, -0.25) is 4.79 Å². The highest BCUT2D eigenvalue weighted by Gasteiger charge is 2.31. The number of nitrogens with zero attached hydrogens (tertiary/aromatic N) is 1. The van der Waals surface area contributed by atoms with Crippen LogP contribution in [0.15, 0.2) is 18.2 Å². The van der Waals surface area contributed by atoms with Crippen molar-refractivity contribution in [2.75, 3.05) is 6.54 Å². The lowest BCUT2D eigenvalue weighted by Gasteiger charge is -2.21. The Bertz CT molecular complexity index is 444. The van der Waals surface area contributed by atoms with E-state index in [1.54, 1.807) is 23.1 Å². The lowest BCUT2D eigenvalue weighted by Crippen LogP contribution is -2.35. The summed E-state index contributed by atoms with van der Waals surface area (Å²) in [6.07, 6.45) is 0.378. The maximum Gasteiger partial charge on any atom is 0.227 e. The second kappa shape index (κ2) is 5.47. The molecule has 5 heteroatoms. The Morgan fingerprint density at radius 2 is 2.06 bits per heavy atom. The van der Waals surface area contributed by atoms with Crippen molar-refractivity contribution in [3.8, 4) is 0 Å². The number of hydrogen-bond acceptors (Lipinski definition) is 2. The van der Waals surface area contributed by atoms with Crippen LogP contribution >= 0.6 is 23.2 Å². The lowest BCUT2D eigenvalue weighted by atomic mass is 10.1. The Hall–Kier alpha value is -0.770. The van der Waals surface area contributed by atoms with Crippen molar-refractivity contribution in [3.05, 3.63) is 33.8 Å². The number of hydrogen-bond donors (Lipinski definition) is 1. The van der Waals surface area contributed by atoms with Crippen LogP contribution in [-0.4, -0.2) is 34.6 Å².